The van der Waals surface area contributed by atoms with Crippen LogP contribution in [0, 0.1) is 5.92 Å². The van der Waals surface area contributed by atoms with E-state index in [1.807, 2.05) is 34.9 Å². The Balaban J connectivity index is 1.32. The average Bonchev–Trinajstić information content (AvgIpc) is 3.24. The smallest absolute Gasteiger partial charge is 0.308 e. The third-order valence-electron chi connectivity index (χ3n) is 5.90. The fourth-order valence-electron chi connectivity index (χ4n) is 4.56. The summed E-state index contributed by atoms with van der Waals surface area (Å²) in [7, 11) is 1.71. The van der Waals surface area contributed by atoms with Gasteiger partial charge in [0.05, 0.1) is 17.3 Å². The normalized spacial score (nSPS) is 15.7. The van der Waals surface area contributed by atoms with Crippen molar-refractivity contribution in [1.82, 2.24) is 14.5 Å². The van der Waals surface area contributed by atoms with E-state index >= 15 is 0 Å². The number of rotatable bonds is 5. The fraction of sp³-hybridized carbons (Fsp3) is 0.348. The third kappa shape index (κ3) is 3.36. The van der Waals surface area contributed by atoms with Gasteiger partial charge in [-0.15, -0.1) is 0 Å². The molecule has 0 bridgehead atoms. The van der Waals surface area contributed by atoms with Crippen molar-refractivity contribution < 1.29 is 4.74 Å². The van der Waals surface area contributed by atoms with Gasteiger partial charge < -0.3 is 9.72 Å². The first-order chi connectivity index (χ1) is 14.1. The van der Waals surface area contributed by atoms with Gasteiger partial charge in [0.25, 0.3) is 0 Å². The second kappa shape index (κ2) is 7.35. The van der Waals surface area contributed by atoms with Crippen LogP contribution in [0.3, 0.4) is 0 Å². The Morgan fingerprint density at radius 1 is 1.21 bits per heavy atom. The minimum atomic E-state index is 0.142. The lowest BCUT2D eigenvalue weighted by molar-refractivity contribution is 0.209. The second-order valence-corrected chi connectivity index (χ2v) is 9.02. The first kappa shape index (κ1) is 18.5. The molecular formula is C23H25N3O2S. The fourth-order valence-corrected chi connectivity index (χ4v) is 5.46. The van der Waals surface area contributed by atoms with E-state index in [4.69, 9.17) is 4.74 Å². The van der Waals surface area contributed by atoms with Crippen LogP contribution < -0.4 is 9.61 Å². The predicted molar refractivity (Wildman–Crippen MR) is 119 cm³/mol. The van der Waals surface area contributed by atoms with Crippen LogP contribution in [0.15, 0.2) is 47.3 Å². The Kier molecular flexibility index (Phi) is 4.68. The maximum absolute atomic E-state index is 12.4. The average molecular weight is 408 g/mol. The van der Waals surface area contributed by atoms with Crippen LogP contribution in [0.1, 0.15) is 18.2 Å². The first-order valence-corrected chi connectivity index (χ1v) is 10.9. The zero-order chi connectivity index (χ0) is 20.0. The zero-order valence-electron chi connectivity index (χ0n) is 16.8. The summed E-state index contributed by atoms with van der Waals surface area (Å²) in [6, 6.07) is 14.3. The van der Waals surface area contributed by atoms with Crippen molar-refractivity contribution in [3.8, 4) is 5.75 Å². The molecule has 5 rings (SSSR count). The predicted octanol–water partition coefficient (Wildman–Crippen LogP) is 4.25. The zero-order valence-corrected chi connectivity index (χ0v) is 17.6. The maximum atomic E-state index is 12.4. The number of methoxy groups -OCH3 is 1. The van der Waals surface area contributed by atoms with E-state index in [0.29, 0.717) is 5.92 Å². The first-order valence-electron chi connectivity index (χ1n) is 10.1. The minimum Gasteiger partial charge on any atom is -0.497 e. The number of thiazole rings is 1. The Hall–Kier alpha value is -2.57. The molecule has 5 nitrogen and oxygen atoms in total. The molecule has 2 aromatic carbocycles. The molecule has 6 heteroatoms. The van der Waals surface area contributed by atoms with Gasteiger partial charge in [-0.05, 0) is 48.2 Å². The molecule has 0 radical (unpaired) electrons. The molecule has 0 fully saturated rings. The number of fused-ring (bicyclic) bond motifs is 4. The van der Waals surface area contributed by atoms with Crippen LogP contribution >= 0.6 is 11.3 Å². The van der Waals surface area contributed by atoms with Crippen molar-refractivity contribution in [2.24, 2.45) is 5.92 Å². The molecule has 150 valence electrons. The Labute approximate surface area is 173 Å². The van der Waals surface area contributed by atoms with E-state index in [2.05, 4.69) is 28.9 Å². The lowest BCUT2D eigenvalue weighted by atomic mass is 10.0. The number of aromatic amines is 1. The highest BCUT2D eigenvalue weighted by molar-refractivity contribution is 7.16. The molecule has 0 saturated heterocycles. The van der Waals surface area contributed by atoms with Gasteiger partial charge in [0.15, 0.2) is 0 Å². The van der Waals surface area contributed by atoms with Crippen LogP contribution in [-0.2, 0) is 19.5 Å². The monoisotopic (exact) mass is 407 g/mol. The highest BCUT2D eigenvalue weighted by Crippen LogP contribution is 2.30. The molecule has 1 N–H and O–H groups in total. The third-order valence-corrected chi connectivity index (χ3v) is 6.86. The number of nitrogens with zero attached hydrogens (tertiary/aromatic N) is 2. The van der Waals surface area contributed by atoms with Crippen molar-refractivity contribution in [3.05, 3.63) is 63.4 Å². The topological polar surface area (TPSA) is 50.3 Å². The summed E-state index contributed by atoms with van der Waals surface area (Å²) < 4.78 is 8.41. The lowest BCUT2D eigenvalue weighted by Gasteiger charge is -2.29. The number of aromatic nitrogens is 2. The molecule has 1 aliphatic rings. The largest absolute Gasteiger partial charge is 0.497 e. The van der Waals surface area contributed by atoms with Crippen LogP contribution in [0.2, 0.25) is 0 Å². The van der Waals surface area contributed by atoms with Gasteiger partial charge >= 0.3 is 4.87 Å². The van der Waals surface area contributed by atoms with E-state index in [0.717, 1.165) is 48.6 Å². The molecule has 0 aliphatic carbocycles. The number of hydrogen-bond acceptors (Lipinski definition) is 4. The summed E-state index contributed by atoms with van der Waals surface area (Å²) in [6.07, 6.45) is 1.04. The van der Waals surface area contributed by atoms with E-state index in [1.54, 1.807) is 7.11 Å². The number of nitrogens with one attached hydrogen (secondary N) is 1. The molecule has 1 atom stereocenters. The van der Waals surface area contributed by atoms with Gasteiger partial charge in [0.2, 0.25) is 0 Å². The summed E-state index contributed by atoms with van der Waals surface area (Å²) in [5.74, 6) is 1.31. The molecule has 29 heavy (non-hydrogen) atoms. The Morgan fingerprint density at radius 3 is 2.93 bits per heavy atom. The summed E-state index contributed by atoms with van der Waals surface area (Å²) >= 11 is 1.34. The van der Waals surface area contributed by atoms with Crippen LogP contribution in [0.4, 0.5) is 0 Å². The number of H-pyrrole nitrogens is 1. The SMILES string of the molecule is COc1ccc2[nH]c3c(c2c1)CCN(CC(C)Cn1c(=O)sc2ccccc21)C3. The van der Waals surface area contributed by atoms with Gasteiger partial charge in [0.1, 0.15) is 5.75 Å². The summed E-state index contributed by atoms with van der Waals surface area (Å²) in [4.78, 5) is 18.7. The Bertz CT molecular complexity index is 1240. The molecule has 0 saturated carbocycles. The molecule has 3 heterocycles. The van der Waals surface area contributed by atoms with Crippen molar-refractivity contribution in [2.75, 3.05) is 20.2 Å². The van der Waals surface area contributed by atoms with Gasteiger partial charge in [-0.3, -0.25) is 14.3 Å². The van der Waals surface area contributed by atoms with E-state index < -0.39 is 0 Å². The van der Waals surface area contributed by atoms with Gasteiger partial charge in [0, 0.05) is 42.8 Å². The minimum absolute atomic E-state index is 0.142. The summed E-state index contributed by atoms with van der Waals surface area (Å²) in [5.41, 5.74) is 4.97. The second-order valence-electron chi connectivity index (χ2n) is 8.03. The van der Waals surface area contributed by atoms with Crippen LogP contribution in [-0.4, -0.2) is 34.7 Å². The van der Waals surface area contributed by atoms with Gasteiger partial charge in [-0.1, -0.05) is 30.4 Å². The molecule has 4 aromatic rings. The van der Waals surface area contributed by atoms with Gasteiger partial charge in [-0.25, -0.2) is 0 Å². The van der Waals surface area contributed by atoms with Crippen molar-refractivity contribution in [2.45, 2.75) is 26.4 Å². The quantitative estimate of drug-likeness (QED) is 0.538. The molecule has 1 aliphatic heterocycles. The van der Waals surface area contributed by atoms with Crippen molar-refractivity contribution in [3.63, 3.8) is 0 Å². The molecule has 0 amide bonds. The molecule has 2 aromatic heterocycles. The van der Waals surface area contributed by atoms with Crippen molar-refractivity contribution >= 4 is 32.5 Å². The number of para-hydroxylation sites is 1. The number of ether oxygens (including phenoxy) is 1. The Morgan fingerprint density at radius 2 is 2.07 bits per heavy atom. The van der Waals surface area contributed by atoms with E-state index in [-0.39, 0.29) is 4.87 Å². The van der Waals surface area contributed by atoms with Crippen LogP contribution in [0.5, 0.6) is 5.75 Å². The van der Waals surface area contributed by atoms with Crippen LogP contribution in [0.25, 0.3) is 21.1 Å². The molecule has 0 spiro atoms. The highest BCUT2D eigenvalue weighted by Gasteiger charge is 2.22. The standard InChI is InChI=1S/C23H25N3O2S/c1-15(13-26-21-5-3-4-6-22(21)29-23(26)27)12-25-10-9-17-18-11-16(28-2)7-8-19(18)24-20(17)14-25/h3-8,11,15,24H,9-10,12-14H2,1-2H3. The number of benzene rings is 2. The van der Waals surface area contributed by atoms with Crippen molar-refractivity contribution in [1.29, 1.82) is 0 Å². The maximum Gasteiger partial charge on any atom is 0.308 e. The molecule has 1 unspecified atom stereocenters. The molecular weight excluding hydrogens is 382 g/mol. The summed E-state index contributed by atoms with van der Waals surface area (Å²) in [6.45, 7) is 5.95. The van der Waals surface area contributed by atoms with Gasteiger partial charge in [-0.2, -0.15) is 0 Å². The number of hydrogen-bond donors (Lipinski definition) is 1. The summed E-state index contributed by atoms with van der Waals surface area (Å²) in [5, 5.41) is 1.28. The highest BCUT2D eigenvalue weighted by atomic mass is 32.1. The lowest BCUT2D eigenvalue weighted by Crippen LogP contribution is -2.35. The van der Waals surface area contributed by atoms with E-state index in [1.165, 1.54) is 33.5 Å². The van der Waals surface area contributed by atoms with E-state index in [9.17, 15) is 4.79 Å².